The van der Waals surface area contributed by atoms with E-state index in [0.717, 1.165) is 46.1 Å². The van der Waals surface area contributed by atoms with E-state index in [9.17, 15) is 4.79 Å². The number of carbonyl (C=O) groups is 1. The van der Waals surface area contributed by atoms with Crippen LogP contribution in [0.3, 0.4) is 0 Å². The lowest BCUT2D eigenvalue weighted by Gasteiger charge is -2.13. The number of carbonyl (C=O) groups excluding carboxylic acids is 1. The minimum absolute atomic E-state index is 0.0464. The van der Waals surface area contributed by atoms with Crippen LogP contribution in [0.5, 0.6) is 11.5 Å². The van der Waals surface area contributed by atoms with Gasteiger partial charge in [0, 0.05) is 24.1 Å². The number of nitrogens with one attached hydrogen (secondary N) is 1. The highest BCUT2D eigenvalue weighted by molar-refractivity contribution is 6.09. The molecule has 0 atom stereocenters. The first-order chi connectivity index (χ1) is 15.2. The fourth-order valence-corrected chi connectivity index (χ4v) is 4.12. The maximum Gasteiger partial charge on any atom is 0.252 e. The molecule has 6 heteroatoms. The molecule has 3 aromatic rings. The van der Waals surface area contributed by atoms with Crippen LogP contribution in [0.2, 0.25) is 0 Å². The fraction of sp³-hybridized carbons (Fsp3) is 0.280. The van der Waals surface area contributed by atoms with Crippen molar-refractivity contribution in [1.82, 2.24) is 10.3 Å². The van der Waals surface area contributed by atoms with Gasteiger partial charge < -0.3 is 19.9 Å². The lowest BCUT2D eigenvalue weighted by Crippen LogP contribution is -2.26. The number of hydrogen-bond donors (Lipinski definition) is 2. The third-order valence-corrected chi connectivity index (χ3v) is 5.55. The molecule has 6 nitrogen and oxygen atoms in total. The van der Waals surface area contributed by atoms with Crippen LogP contribution in [0.15, 0.2) is 42.5 Å². The van der Waals surface area contributed by atoms with Gasteiger partial charge >= 0.3 is 0 Å². The van der Waals surface area contributed by atoms with Gasteiger partial charge in [-0.05, 0) is 48.6 Å². The number of amides is 1. The van der Waals surface area contributed by atoms with Gasteiger partial charge in [0.05, 0.1) is 31.0 Å². The summed E-state index contributed by atoms with van der Waals surface area (Å²) in [6.45, 7) is 0.481. The monoisotopic (exact) mass is 418 g/mol. The zero-order valence-electron chi connectivity index (χ0n) is 17.8. The number of allylic oxidation sites excluding steroid dienone is 1. The first-order valence-corrected chi connectivity index (χ1v) is 10.4. The van der Waals surface area contributed by atoms with Crippen molar-refractivity contribution in [3.8, 4) is 11.5 Å². The van der Waals surface area contributed by atoms with Crippen LogP contribution >= 0.6 is 0 Å². The van der Waals surface area contributed by atoms with Crippen LogP contribution in [-0.4, -0.2) is 43.4 Å². The minimum atomic E-state index is -0.122. The topological polar surface area (TPSA) is 80.7 Å². The zero-order valence-corrected chi connectivity index (χ0v) is 17.8. The third kappa shape index (κ3) is 3.99. The van der Waals surface area contributed by atoms with E-state index in [1.54, 1.807) is 14.2 Å². The van der Waals surface area contributed by atoms with Gasteiger partial charge in [-0.2, -0.15) is 0 Å². The Labute approximate surface area is 181 Å². The zero-order chi connectivity index (χ0) is 21.8. The Bertz CT molecular complexity index is 1150. The maximum absolute atomic E-state index is 13.1. The summed E-state index contributed by atoms with van der Waals surface area (Å²) in [6, 6.07) is 13.5. The highest BCUT2D eigenvalue weighted by Gasteiger charge is 2.27. The number of pyridine rings is 1. The molecular formula is C25H26N2O4. The van der Waals surface area contributed by atoms with Crippen LogP contribution in [0.1, 0.15) is 40.0 Å². The molecule has 1 aliphatic carbocycles. The molecule has 0 saturated heterocycles. The second-order valence-corrected chi connectivity index (χ2v) is 7.42. The molecule has 1 aromatic heterocycles. The normalized spacial score (nSPS) is 14.0. The summed E-state index contributed by atoms with van der Waals surface area (Å²) < 4.78 is 11.0. The largest absolute Gasteiger partial charge is 0.493 e. The quantitative estimate of drug-likeness (QED) is 0.570. The fourth-order valence-electron chi connectivity index (χ4n) is 4.12. The number of rotatable bonds is 7. The number of aliphatic hydroxyl groups is 1. The van der Waals surface area contributed by atoms with E-state index >= 15 is 0 Å². The van der Waals surface area contributed by atoms with E-state index in [1.165, 1.54) is 0 Å². The number of nitrogens with zero attached hydrogens (tertiary/aromatic N) is 1. The number of ether oxygens (including phenoxy) is 2. The molecule has 160 valence electrons. The van der Waals surface area contributed by atoms with Crippen LogP contribution in [0.4, 0.5) is 0 Å². The summed E-state index contributed by atoms with van der Waals surface area (Å²) in [5.41, 5.74) is 5.27. The van der Waals surface area contributed by atoms with E-state index in [4.69, 9.17) is 19.6 Å². The molecule has 0 radical (unpaired) electrons. The molecule has 0 spiro atoms. The van der Waals surface area contributed by atoms with Gasteiger partial charge in [-0.25, -0.2) is 4.98 Å². The van der Waals surface area contributed by atoms with Crippen molar-refractivity contribution in [1.29, 1.82) is 0 Å². The van der Waals surface area contributed by atoms with Gasteiger partial charge in [-0.1, -0.05) is 30.3 Å². The second-order valence-electron chi connectivity index (χ2n) is 7.42. The number of aromatic nitrogens is 1. The highest BCUT2D eigenvalue weighted by atomic mass is 16.5. The molecule has 2 aromatic carbocycles. The Kier molecular flexibility index (Phi) is 6.18. The first-order valence-electron chi connectivity index (χ1n) is 10.4. The molecule has 0 fully saturated rings. The summed E-state index contributed by atoms with van der Waals surface area (Å²) in [4.78, 5) is 18.0. The number of para-hydroxylation sites is 2. The van der Waals surface area contributed by atoms with Crippen molar-refractivity contribution in [3.05, 3.63) is 64.8 Å². The Hall–Kier alpha value is -3.38. The second kappa shape index (κ2) is 9.18. The van der Waals surface area contributed by atoms with Crippen LogP contribution < -0.4 is 14.8 Å². The summed E-state index contributed by atoms with van der Waals surface area (Å²) in [6.07, 6.45) is 4.13. The van der Waals surface area contributed by atoms with Gasteiger partial charge in [-0.15, -0.1) is 0 Å². The van der Waals surface area contributed by atoms with Gasteiger partial charge in [0.25, 0.3) is 5.91 Å². The molecule has 0 bridgehead atoms. The van der Waals surface area contributed by atoms with Crippen molar-refractivity contribution in [2.45, 2.75) is 19.3 Å². The van der Waals surface area contributed by atoms with Crippen molar-refractivity contribution in [2.24, 2.45) is 0 Å². The Morgan fingerprint density at radius 3 is 2.74 bits per heavy atom. The standard InChI is InChI=1S/C25H26N2O4/c1-30-21-10-5-7-17(24(21)31-2)15-16-11-12-19-22(25(29)26-13-6-14-28)18-8-3-4-9-20(18)27-23(16)19/h3-5,7-10,15,28H,6,11-14H2,1-2H3,(H,26,29)/b16-15-. The predicted molar refractivity (Wildman–Crippen MR) is 122 cm³/mol. The molecule has 0 unspecified atom stereocenters. The van der Waals surface area contributed by atoms with E-state index in [0.29, 0.717) is 30.0 Å². The maximum atomic E-state index is 13.1. The van der Waals surface area contributed by atoms with Crippen LogP contribution in [0.25, 0.3) is 22.6 Å². The summed E-state index contributed by atoms with van der Waals surface area (Å²) in [5.74, 6) is 1.22. The van der Waals surface area contributed by atoms with Crippen molar-refractivity contribution < 1.29 is 19.4 Å². The SMILES string of the molecule is COc1cccc(/C=C2/CCc3c2nc2ccccc2c3C(=O)NCCCO)c1OC. The molecule has 1 aliphatic rings. The first kappa shape index (κ1) is 20.9. The van der Waals surface area contributed by atoms with E-state index in [-0.39, 0.29) is 12.5 Å². The van der Waals surface area contributed by atoms with Crippen LogP contribution in [-0.2, 0) is 6.42 Å². The third-order valence-electron chi connectivity index (χ3n) is 5.55. The Balaban J connectivity index is 1.83. The van der Waals surface area contributed by atoms with E-state index < -0.39 is 0 Å². The van der Waals surface area contributed by atoms with Crippen molar-refractivity contribution in [3.63, 3.8) is 0 Å². The van der Waals surface area contributed by atoms with Gasteiger partial charge in [0.15, 0.2) is 11.5 Å². The number of fused-ring (bicyclic) bond motifs is 2. The number of hydrogen-bond acceptors (Lipinski definition) is 5. The summed E-state index contributed by atoms with van der Waals surface area (Å²) in [7, 11) is 3.25. The average Bonchev–Trinajstić information content (AvgIpc) is 3.19. The van der Waals surface area contributed by atoms with Crippen molar-refractivity contribution in [2.75, 3.05) is 27.4 Å². The molecule has 1 heterocycles. The highest BCUT2D eigenvalue weighted by Crippen LogP contribution is 2.40. The summed E-state index contributed by atoms with van der Waals surface area (Å²) >= 11 is 0. The number of methoxy groups -OCH3 is 2. The minimum Gasteiger partial charge on any atom is -0.493 e. The smallest absolute Gasteiger partial charge is 0.252 e. The number of aliphatic hydroxyl groups excluding tert-OH is 1. The lowest BCUT2D eigenvalue weighted by molar-refractivity contribution is 0.0952. The van der Waals surface area contributed by atoms with Crippen LogP contribution in [0, 0.1) is 0 Å². The Morgan fingerprint density at radius 2 is 1.97 bits per heavy atom. The van der Waals surface area contributed by atoms with E-state index in [1.807, 2.05) is 42.5 Å². The molecule has 0 aliphatic heterocycles. The molecule has 2 N–H and O–H groups in total. The molecule has 0 saturated carbocycles. The average molecular weight is 418 g/mol. The van der Waals surface area contributed by atoms with Gasteiger partial charge in [0.2, 0.25) is 0 Å². The van der Waals surface area contributed by atoms with Gasteiger partial charge in [-0.3, -0.25) is 4.79 Å². The molecule has 31 heavy (non-hydrogen) atoms. The lowest BCUT2D eigenvalue weighted by atomic mass is 9.99. The predicted octanol–water partition coefficient (Wildman–Crippen LogP) is 3.85. The van der Waals surface area contributed by atoms with Crippen molar-refractivity contribution >= 4 is 28.5 Å². The Morgan fingerprint density at radius 1 is 1.13 bits per heavy atom. The van der Waals surface area contributed by atoms with E-state index in [2.05, 4.69) is 11.4 Å². The molecule has 1 amide bonds. The number of benzene rings is 2. The molecule has 4 rings (SSSR count). The van der Waals surface area contributed by atoms with Gasteiger partial charge in [0.1, 0.15) is 0 Å². The molecular weight excluding hydrogens is 392 g/mol. The summed E-state index contributed by atoms with van der Waals surface area (Å²) in [5, 5.41) is 12.8.